The molecule has 2 rings (SSSR count). The molecule has 1 fully saturated rings. The van der Waals surface area contributed by atoms with Gasteiger partial charge in [0.25, 0.3) is 14.3 Å². The largest absolute Gasteiger partial charge is 0.518 e. The van der Waals surface area contributed by atoms with Crippen LogP contribution >= 0.6 is 0 Å². The minimum absolute atomic E-state index is 0.0440. The van der Waals surface area contributed by atoms with Crippen LogP contribution in [0.2, 0.25) is 16.6 Å². The molecule has 1 saturated heterocycles. The maximum atomic E-state index is 11.7. The van der Waals surface area contributed by atoms with E-state index in [-0.39, 0.29) is 5.91 Å². The molecule has 26 heavy (non-hydrogen) atoms. The van der Waals surface area contributed by atoms with Crippen LogP contribution in [-0.2, 0) is 11.2 Å². The molecule has 0 aromatic carbocycles. The van der Waals surface area contributed by atoms with Crippen LogP contribution in [0.5, 0.6) is 5.95 Å². The number of hydrogen-bond acceptors (Lipinski definition) is 4. The molecule has 0 radical (unpaired) electrons. The molecule has 0 spiro atoms. The van der Waals surface area contributed by atoms with Crippen LogP contribution in [0.15, 0.2) is 16.5 Å². The lowest BCUT2D eigenvalue weighted by molar-refractivity contribution is -0.133. The first-order chi connectivity index (χ1) is 12.2. The van der Waals surface area contributed by atoms with Crippen LogP contribution in [0.25, 0.3) is 0 Å². The van der Waals surface area contributed by atoms with E-state index in [1.807, 2.05) is 12.1 Å². The molecule has 1 amide bonds. The smallest absolute Gasteiger partial charge is 0.270 e. The number of carbonyl (C=O) groups excluding carboxylic acids is 1. The molecule has 1 aliphatic heterocycles. The lowest BCUT2D eigenvalue weighted by Gasteiger charge is -2.41. The van der Waals surface area contributed by atoms with Crippen molar-refractivity contribution in [3.63, 3.8) is 0 Å². The quantitative estimate of drug-likeness (QED) is 0.629. The number of amides is 1. The van der Waals surface area contributed by atoms with Crippen molar-refractivity contribution in [2.45, 2.75) is 90.1 Å². The second-order valence-corrected chi connectivity index (χ2v) is 13.7. The predicted octanol–water partition coefficient (Wildman–Crippen LogP) is 4.71. The van der Waals surface area contributed by atoms with Crippen molar-refractivity contribution in [3.8, 4) is 5.95 Å². The monoisotopic (exact) mass is 381 g/mol. The minimum atomic E-state index is -2.01. The number of aryl methyl sites for hydroxylation is 1. The van der Waals surface area contributed by atoms with Gasteiger partial charge in [-0.15, -0.1) is 0 Å². The molecule has 148 valence electrons. The number of carbonyl (C=O) groups is 1. The fourth-order valence-electron chi connectivity index (χ4n) is 4.49. The Kier molecular flexibility index (Phi) is 6.97. The highest BCUT2D eigenvalue weighted by Gasteiger charge is 2.47. The number of aliphatic hydroxyl groups excluding tert-OH is 1. The first-order valence-corrected chi connectivity index (χ1v) is 12.1. The molecule has 0 aliphatic carbocycles. The van der Waals surface area contributed by atoms with Crippen molar-refractivity contribution in [1.82, 2.24) is 4.90 Å². The summed E-state index contributed by atoms with van der Waals surface area (Å²) >= 11 is 0. The Balaban J connectivity index is 1.97. The molecular formula is C20H35NO4Si. The highest BCUT2D eigenvalue weighted by Crippen LogP contribution is 2.43. The Bertz CT molecular complexity index is 575. The number of hydrogen-bond donors (Lipinski definition) is 1. The normalized spacial score (nSPS) is 18.6. The number of aliphatic hydroxyl groups is 1. The highest BCUT2D eigenvalue weighted by molar-refractivity contribution is 6.78. The molecule has 1 N–H and O–H groups in total. The van der Waals surface area contributed by atoms with Crippen molar-refractivity contribution in [3.05, 3.63) is 17.9 Å². The minimum Gasteiger partial charge on any atom is -0.518 e. The summed E-state index contributed by atoms with van der Waals surface area (Å²) in [5.74, 6) is 1.54. The lowest BCUT2D eigenvalue weighted by atomic mass is 10.2. The summed E-state index contributed by atoms with van der Waals surface area (Å²) in [6.45, 7) is 14.1. The highest BCUT2D eigenvalue weighted by atomic mass is 28.4. The van der Waals surface area contributed by atoms with Gasteiger partial charge in [-0.2, -0.15) is 0 Å². The van der Waals surface area contributed by atoms with Crippen LogP contribution in [0.1, 0.15) is 66.6 Å². The summed E-state index contributed by atoms with van der Waals surface area (Å²) in [5, 5.41) is 9.81. The van der Waals surface area contributed by atoms with Gasteiger partial charge in [-0.1, -0.05) is 41.5 Å². The zero-order valence-electron chi connectivity index (χ0n) is 17.1. The molecule has 1 atom stereocenters. The Labute approximate surface area is 158 Å². The predicted molar refractivity (Wildman–Crippen MR) is 106 cm³/mol. The van der Waals surface area contributed by atoms with Gasteiger partial charge in [0.1, 0.15) is 12.0 Å². The van der Waals surface area contributed by atoms with Gasteiger partial charge >= 0.3 is 0 Å². The van der Waals surface area contributed by atoms with Gasteiger partial charge in [0.15, 0.2) is 0 Å². The average molecular weight is 382 g/mol. The molecule has 2 heterocycles. The Morgan fingerprint density at radius 3 is 2.31 bits per heavy atom. The fraction of sp³-hybridized carbons (Fsp3) is 0.750. The maximum absolute atomic E-state index is 11.7. The first kappa shape index (κ1) is 21.0. The molecule has 0 bridgehead atoms. The van der Waals surface area contributed by atoms with E-state index >= 15 is 0 Å². The van der Waals surface area contributed by atoms with Crippen LogP contribution in [0.4, 0.5) is 0 Å². The van der Waals surface area contributed by atoms with E-state index in [0.717, 1.165) is 18.6 Å². The number of furan rings is 1. The standard InChI is InChI=1S/C20H35NO4Si/c1-14(2)26(15(3)4,16(5)6)25-20-12-9-17(24-20)8-7-13-21-18(22)10-11-19(21)23/h9,12,14-16,18,22H,7-8,10-11,13H2,1-6H3. The third-order valence-electron chi connectivity index (χ3n) is 5.74. The molecular weight excluding hydrogens is 346 g/mol. The van der Waals surface area contributed by atoms with Crippen molar-refractivity contribution < 1.29 is 18.7 Å². The van der Waals surface area contributed by atoms with Crippen LogP contribution in [0.3, 0.4) is 0 Å². The Morgan fingerprint density at radius 2 is 1.81 bits per heavy atom. The third-order valence-corrected chi connectivity index (χ3v) is 11.7. The second kappa shape index (κ2) is 8.61. The van der Waals surface area contributed by atoms with Crippen molar-refractivity contribution in [1.29, 1.82) is 0 Å². The summed E-state index contributed by atoms with van der Waals surface area (Å²) in [7, 11) is -2.01. The third kappa shape index (κ3) is 4.34. The molecule has 1 aromatic rings. The molecule has 5 nitrogen and oxygen atoms in total. The Morgan fingerprint density at radius 1 is 1.19 bits per heavy atom. The van der Waals surface area contributed by atoms with Gasteiger partial charge in [0.2, 0.25) is 5.91 Å². The first-order valence-electron chi connectivity index (χ1n) is 9.93. The summed E-state index contributed by atoms with van der Waals surface area (Å²) < 4.78 is 12.5. The van der Waals surface area contributed by atoms with E-state index in [1.54, 1.807) is 4.90 Å². The van der Waals surface area contributed by atoms with Crippen LogP contribution < -0.4 is 4.43 Å². The zero-order valence-corrected chi connectivity index (χ0v) is 18.1. The van der Waals surface area contributed by atoms with Crippen LogP contribution in [0, 0.1) is 0 Å². The van der Waals surface area contributed by atoms with Gasteiger partial charge in [-0.3, -0.25) is 4.79 Å². The summed E-state index contributed by atoms with van der Waals surface area (Å²) in [6.07, 6.45) is 1.89. The molecule has 1 aromatic heterocycles. The number of likely N-dealkylation sites (tertiary alicyclic amines) is 1. The SMILES string of the molecule is CC(C)[Si](Oc1ccc(CCCN2C(=O)CCC2O)o1)(C(C)C)C(C)C. The summed E-state index contributed by atoms with van der Waals surface area (Å²) in [6, 6.07) is 3.90. The van der Waals surface area contributed by atoms with Gasteiger partial charge in [-0.05, 0) is 29.1 Å². The lowest BCUT2D eigenvalue weighted by Crippen LogP contribution is -2.50. The van der Waals surface area contributed by atoms with Gasteiger partial charge in [0, 0.05) is 31.9 Å². The molecule has 1 unspecified atom stereocenters. The summed E-state index contributed by atoms with van der Waals surface area (Å²) in [4.78, 5) is 13.3. The van der Waals surface area contributed by atoms with Crippen LogP contribution in [-0.4, -0.2) is 37.0 Å². The van der Waals surface area contributed by atoms with E-state index in [1.165, 1.54) is 0 Å². The van der Waals surface area contributed by atoms with Gasteiger partial charge < -0.3 is 18.8 Å². The van der Waals surface area contributed by atoms with Crippen molar-refractivity contribution >= 4 is 14.2 Å². The summed E-state index contributed by atoms with van der Waals surface area (Å²) in [5.41, 5.74) is 1.50. The topological polar surface area (TPSA) is 62.9 Å². The molecule has 1 aliphatic rings. The second-order valence-electron chi connectivity index (χ2n) is 8.35. The van der Waals surface area contributed by atoms with E-state index in [9.17, 15) is 9.90 Å². The fourth-order valence-corrected chi connectivity index (χ4v) is 9.66. The van der Waals surface area contributed by atoms with Crippen molar-refractivity contribution in [2.75, 3.05) is 6.54 Å². The molecule has 6 heteroatoms. The Hall–Kier alpha value is -1.27. The number of nitrogens with zero attached hydrogens (tertiary/aromatic N) is 1. The van der Waals surface area contributed by atoms with E-state index in [2.05, 4.69) is 41.5 Å². The van der Waals surface area contributed by atoms with E-state index < -0.39 is 14.5 Å². The van der Waals surface area contributed by atoms with E-state index in [4.69, 9.17) is 8.84 Å². The van der Waals surface area contributed by atoms with Gasteiger partial charge in [-0.25, -0.2) is 0 Å². The maximum Gasteiger partial charge on any atom is 0.270 e. The zero-order chi connectivity index (χ0) is 19.5. The average Bonchev–Trinajstić information content (AvgIpc) is 3.12. The van der Waals surface area contributed by atoms with Crippen molar-refractivity contribution in [2.24, 2.45) is 0 Å². The number of rotatable bonds is 9. The van der Waals surface area contributed by atoms with Gasteiger partial charge in [0.05, 0.1) is 0 Å². The molecule has 0 saturated carbocycles. The van der Waals surface area contributed by atoms with E-state index in [0.29, 0.717) is 42.0 Å².